The summed E-state index contributed by atoms with van der Waals surface area (Å²) in [6, 6.07) is -5.12. The number of rotatable bonds is 18. The van der Waals surface area contributed by atoms with Crippen molar-refractivity contribution in [2.24, 2.45) is 23.1 Å². The summed E-state index contributed by atoms with van der Waals surface area (Å²) < 4.78 is 0. The number of nitrogens with one attached hydrogen (secondary N) is 3. The second-order valence-electron chi connectivity index (χ2n) is 8.33. The van der Waals surface area contributed by atoms with Crippen molar-refractivity contribution in [2.45, 2.75) is 83.0 Å². The molecule has 11 N–H and O–H groups in total. The number of carbonyl (C=O) groups is 6. The Balaban J connectivity index is 5.59. The average Bonchev–Trinajstić information content (AvgIpc) is 2.77. The van der Waals surface area contributed by atoms with E-state index in [2.05, 4.69) is 16.0 Å². The number of aliphatic carboxylic acids is 2. The van der Waals surface area contributed by atoms with Crippen molar-refractivity contribution in [3.8, 4) is 0 Å². The van der Waals surface area contributed by atoms with Gasteiger partial charge in [0.25, 0.3) is 0 Å². The summed E-state index contributed by atoms with van der Waals surface area (Å²) >= 11 is 0. The summed E-state index contributed by atoms with van der Waals surface area (Å²) in [5.74, 6) is -6.21. The molecule has 0 aromatic rings. The normalized spacial score (nSPS) is 15.1. The summed E-state index contributed by atoms with van der Waals surface area (Å²) in [7, 11) is 0. The first-order valence-electron chi connectivity index (χ1n) is 11.4. The molecular formula is C21H38N6O8. The third-order valence-electron chi connectivity index (χ3n) is 5.40. The molecule has 14 heteroatoms. The van der Waals surface area contributed by atoms with Crippen molar-refractivity contribution in [3.05, 3.63) is 0 Å². The molecular weight excluding hydrogens is 464 g/mol. The van der Waals surface area contributed by atoms with Gasteiger partial charge in [-0.1, -0.05) is 20.3 Å². The minimum Gasteiger partial charge on any atom is -0.481 e. The highest BCUT2D eigenvalue weighted by Gasteiger charge is 2.32. The van der Waals surface area contributed by atoms with E-state index < -0.39 is 72.1 Å². The highest BCUT2D eigenvalue weighted by Crippen LogP contribution is 2.11. The molecule has 5 unspecified atom stereocenters. The zero-order valence-electron chi connectivity index (χ0n) is 20.1. The molecule has 14 nitrogen and oxygen atoms in total. The number of carboxylic acid groups (broad SMARTS) is 2. The molecule has 0 bridgehead atoms. The number of primary amides is 1. The van der Waals surface area contributed by atoms with Crippen LogP contribution in [0.4, 0.5) is 0 Å². The largest absolute Gasteiger partial charge is 0.481 e. The summed E-state index contributed by atoms with van der Waals surface area (Å²) in [6.45, 7) is 3.77. The fourth-order valence-corrected chi connectivity index (χ4v) is 3.08. The van der Waals surface area contributed by atoms with Crippen LogP contribution in [0.3, 0.4) is 0 Å². The van der Waals surface area contributed by atoms with Crippen LogP contribution in [0.25, 0.3) is 0 Å². The Bertz CT molecular complexity index is 762. The number of nitrogens with two attached hydrogens (primary N) is 3. The third-order valence-corrected chi connectivity index (χ3v) is 5.40. The molecule has 0 radical (unpaired) electrons. The molecule has 0 aliphatic carbocycles. The Labute approximate surface area is 203 Å². The van der Waals surface area contributed by atoms with E-state index in [1.165, 1.54) is 0 Å². The van der Waals surface area contributed by atoms with E-state index in [1.807, 2.05) is 0 Å². The minimum atomic E-state index is -1.40. The monoisotopic (exact) mass is 502 g/mol. The van der Waals surface area contributed by atoms with Crippen LogP contribution in [0.2, 0.25) is 0 Å². The Kier molecular flexibility index (Phi) is 14.9. The number of unbranched alkanes of at least 4 members (excludes halogenated alkanes) is 1. The quantitative estimate of drug-likeness (QED) is 0.0935. The van der Waals surface area contributed by atoms with E-state index in [1.54, 1.807) is 13.8 Å². The van der Waals surface area contributed by atoms with Gasteiger partial charge in [-0.25, -0.2) is 4.79 Å². The molecule has 0 aliphatic rings. The molecule has 0 rings (SSSR count). The predicted molar refractivity (Wildman–Crippen MR) is 124 cm³/mol. The van der Waals surface area contributed by atoms with Crippen molar-refractivity contribution in [2.75, 3.05) is 6.54 Å². The van der Waals surface area contributed by atoms with Crippen molar-refractivity contribution in [3.63, 3.8) is 0 Å². The van der Waals surface area contributed by atoms with Crippen LogP contribution in [0.1, 0.15) is 58.8 Å². The van der Waals surface area contributed by atoms with Crippen molar-refractivity contribution in [1.29, 1.82) is 0 Å². The molecule has 0 fully saturated rings. The van der Waals surface area contributed by atoms with Crippen LogP contribution in [0, 0.1) is 5.92 Å². The zero-order valence-corrected chi connectivity index (χ0v) is 20.1. The zero-order chi connectivity index (χ0) is 27.1. The van der Waals surface area contributed by atoms with Gasteiger partial charge in [0.05, 0.1) is 12.5 Å². The summed E-state index contributed by atoms with van der Waals surface area (Å²) in [5.41, 5.74) is 16.1. The second-order valence-corrected chi connectivity index (χ2v) is 8.33. The third kappa shape index (κ3) is 12.7. The summed E-state index contributed by atoms with van der Waals surface area (Å²) in [6.07, 6.45) is 0.432. The smallest absolute Gasteiger partial charge is 0.326 e. The van der Waals surface area contributed by atoms with Crippen LogP contribution in [0.5, 0.6) is 0 Å². The number of hydrogen-bond donors (Lipinski definition) is 8. The lowest BCUT2D eigenvalue weighted by Crippen LogP contribution is -2.58. The highest BCUT2D eigenvalue weighted by molar-refractivity contribution is 5.95. The molecule has 0 spiro atoms. The number of carboxylic acids is 2. The summed E-state index contributed by atoms with van der Waals surface area (Å²) in [5, 5.41) is 25.4. The molecule has 5 atom stereocenters. The molecule has 200 valence electrons. The first-order valence-corrected chi connectivity index (χ1v) is 11.4. The molecule has 0 saturated heterocycles. The van der Waals surface area contributed by atoms with E-state index in [0.29, 0.717) is 25.8 Å². The van der Waals surface area contributed by atoms with E-state index in [9.17, 15) is 33.9 Å². The highest BCUT2D eigenvalue weighted by atomic mass is 16.4. The van der Waals surface area contributed by atoms with Gasteiger partial charge in [-0.05, 0) is 38.1 Å². The van der Waals surface area contributed by atoms with Crippen molar-refractivity contribution in [1.82, 2.24) is 16.0 Å². The van der Waals surface area contributed by atoms with Gasteiger partial charge in [-0.15, -0.1) is 0 Å². The van der Waals surface area contributed by atoms with E-state index >= 15 is 0 Å². The Morgan fingerprint density at radius 1 is 0.857 bits per heavy atom. The van der Waals surface area contributed by atoms with E-state index in [-0.39, 0.29) is 19.3 Å². The second kappa shape index (κ2) is 16.4. The van der Waals surface area contributed by atoms with Gasteiger partial charge in [0.15, 0.2) is 0 Å². The van der Waals surface area contributed by atoms with Gasteiger partial charge in [0.1, 0.15) is 18.1 Å². The minimum absolute atomic E-state index is 0.113. The SMILES string of the molecule is CCC(C)C(NC(=O)C(N)CC(=O)O)C(=O)NC(CCC(N)=O)C(=O)NC(CCCCN)C(=O)O. The first-order chi connectivity index (χ1) is 16.3. The molecule has 35 heavy (non-hydrogen) atoms. The maximum atomic E-state index is 13.0. The lowest BCUT2D eigenvalue weighted by atomic mass is 9.97. The van der Waals surface area contributed by atoms with Gasteiger partial charge in [-0.2, -0.15) is 0 Å². The van der Waals surface area contributed by atoms with Crippen molar-refractivity contribution < 1.29 is 39.0 Å². The lowest BCUT2D eigenvalue weighted by molar-refractivity contribution is -0.142. The topological polar surface area (TPSA) is 257 Å². The lowest BCUT2D eigenvalue weighted by Gasteiger charge is -2.27. The predicted octanol–water partition coefficient (Wildman–Crippen LogP) is -2.23. The Morgan fingerprint density at radius 2 is 1.46 bits per heavy atom. The average molecular weight is 503 g/mol. The van der Waals surface area contributed by atoms with Crippen LogP contribution in [0.15, 0.2) is 0 Å². The van der Waals surface area contributed by atoms with Gasteiger partial charge in [-0.3, -0.25) is 24.0 Å². The Hall–Kier alpha value is -3.26. The molecule has 0 aromatic carbocycles. The number of amides is 4. The van der Waals surface area contributed by atoms with Crippen molar-refractivity contribution >= 4 is 35.6 Å². The number of hydrogen-bond acceptors (Lipinski definition) is 8. The first kappa shape index (κ1) is 31.7. The Morgan fingerprint density at radius 3 is 1.94 bits per heavy atom. The van der Waals surface area contributed by atoms with Crippen LogP contribution in [-0.2, 0) is 28.8 Å². The molecule has 0 heterocycles. The molecule has 0 aromatic heterocycles. The fourth-order valence-electron chi connectivity index (χ4n) is 3.08. The van der Waals surface area contributed by atoms with Gasteiger partial charge >= 0.3 is 11.9 Å². The van der Waals surface area contributed by atoms with Crippen LogP contribution < -0.4 is 33.2 Å². The number of carbonyl (C=O) groups excluding carboxylic acids is 4. The van der Waals surface area contributed by atoms with E-state index in [0.717, 1.165) is 0 Å². The van der Waals surface area contributed by atoms with Crippen LogP contribution in [-0.4, -0.2) is 76.5 Å². The maximum absolute atomic E-state index is 13.0. The van der Waals surface area contributed by atoms with E-state index in [4.69, 9.17) is 22.3 Å². The van der Waals surface area contributed by atoms with Gasteiger partial charge in [0.2, 0.25) is 23.6 Å². The maximum Gasteiger partial charge on any atom is 0.326 e. The van der Waals surface area contributed by atoms with Crippen LogP contribution >= 0.6 is 0 Å². The van der Waals surface area contributed by atoms with Gasteiger partial charge in [0, 0.05) is 6.42 Å². The molecule has 0 aliphatic heterocycles. The standard InChI is InChI=1S/C21H38N6O8/c1-3-11(2)17(27-18(31)12(23)10-16(29)30)20(33)25-13(7-8-15(24)28)19(32)26-14(21(34)35)6-4-5-9-22/h11-14,17H,3-10,22-23H2,1-2H3,(H2,24,28)(H,25,33)(H,26,32)(H,27,31)(H,29,30)(H,34,35). The summed E-state index contributed by atoms with van der Waals surface area (Å²) in [4.78, 5) is 71.7. The van der Waals surface area contributed by atoms with Gasteiger partial charge < -0.3 is 43.4 Å². The fraction of sp³-hybridized carbons (Fsp3) is 0.714. The molecule has 0 saturated carbocycles. The molecule has 4 amide bonds.